The molecule has 3 unspecified atom stereocenters. The molecule has 4 atom stereocenters. The Hall–Kier alpha value is -4.46. The number of halogens is 2. The molecule has 2 aliphatic heterocycles. The fourth-order valence-electron chi connectivity index (χ4n) is 5.50. The number of piperidine rings is 1. The second-order valence-corrected chi connectivity index (χ2v) is 10.7. The first-order valence-electron chi connectivity index (χ1n) is 13.1. The van der Waals surface area contributed by atoms with Crippen molar-refractivity contribution in [3.05, 3.63) is 48.5 Å². The summed E-state index contributed by atoms with van der Waals surface area (Å²) in [7, 11) is 1.54. The van der Waals surface area contributed by atoms with Crippen molar-refractivity contribution in [2.75, 3.05) is 41.8 Å². The number of aliphatic hydroxyl groups excluding tert-OH is 1. The number of carbonyl (C=O) groups excluding carboxylic acids is 3. The molecule has 0 bridgehead atoms. The number of ketones is 1. The van der Waals surface area contributed by atoms with Gasteiger partial charge >= 0.3 is 0 Å². The SMILES string of the molecule is CC(=O)CN1C(=O)c2c(ncn2[C@@H](C)C(=O)Nc2cccc(-c3ccc(N4CC5C(C4)C5(F)F)nc3)n2)N(C)C1O. The number of Topliss-reactive ketones (excluding diaryl/α,β-unsaturated/α-hetero) is 1. The molecule has 0 radical (unpaired) electrons. The molecule has 2 N–H and O–H groups in total. The predicted octanol–water partition coefficient (Wildman–Crippen LogP) is 2.00. The van der Waals surface area contributed by atoms with Gasteiger partial charge in [0.1, 0.15) is 23.5 Å². The number of imidazole rings is 1. The fraction of sp³-hybridized carbons (Fsp3) is 0.407. The van der Waals surface area contributed by atoms with Crippen molar-refractivity contribution in [1.29, 1.82) is 0 Å². The van der Waals surface area contributed by atoms with Crippen LogP contribution in [0.4, 0.5) is 26.2 Å². The minimum Gasteiger partial charge on any atom is -0.356 e. The van der Waals surface area contributed by atoms with Gasteiger partial charge in [0.2, 0.25) is 12.3 Å². The molecule has 6 rings (SSSR count). The summed E-state index contributed by atoms with van der Waals surface area (Å²) < 4.78 is 28.4. The van der Waals surface area contributed by atoms with Crippen LogP contribution in [0.25, 0.3) is 11.3 Å². The summed E-state index contributed by atoms with van der Waals surface area (Å²) in [4.78, 5) is 55.5. The maximum atomic E-state index is 13.5. The summed E-state index contributed by atoms with van der Waals surface area (Å²) in [6.45, 7) is 3.19. The topological polar surface area (TPSA) is 137 Å². The minimum atomic E-state index is -2.55. The van der Waals surface area contributed by atoms with Crippen LogP contribution in [0.2, 0.25) is 0 Å². The van der Waals surface area contributed by atoms with Gasteiger partial charge < -0.3 is 24.8 Å². The lowest BCUT2D eigenvalue weighted by molar-refractivity contribution is -0.120. The van der Waals surface area contributed by atoms with Gasteiger partial charge in [-0.3, -0.25) is 19.3 Å². The van der Waals surface area contributed by atoms with Crippen LogP contribution in [-0.4, -0.2) is 86.1 Å². The first-order chi connectivity index (χ1) is 19.5. The number of hydrogen-bond donors (Lipinski definition) is 2. The van der Waals surface area contributed by atoms with E-state index in [1.54, 1.807) is 37.4 Å². The maximum Gasteiger partial charge on any atom is 0.278 e. The number of fused-ring (bicyclic) bond motifs is 2. The van der Waals surface area contributed by atoms with E-state index in [1.165, 1.54) is 29.8 Å². The summed E-state index contributed by atoms with van der Waals surface area (Å²) in [6.07, 6.45) is 1.59. The highest BCUT2D eigenvalue weighted by Gasteiger charge is 2.71. The Bertz CT molecular complexity index is 1530. The third-order valence-electron chi connectivity index (χ3n) is 7.95. The number of amides is 2. The van der Waals surface area contributed by atoms with Crippen molar-refractivity contribution in [2.45, 2.75) is 32.2 Å². The lowest BCUT2D eigenvalue weighted by Gasteiger charge is -2.38. The van der Waals surface area contributed by atoms with Gasteiger partial charge in [0.25, 0.3) is 11.8 Å². The van der Waals surface area contributed by atoms with Crippen LogP contribution in [0.5, 0.6) is 0 Å². The van der Waals surface area contributed by atoms with E-state index in [9.17, 15) is 28.3 Å². The number of pyridine rings is 2. The molecule has 5 heterocycles. The van der Waals surface area contributed by atoms with Crippen molar-refractivity contribution >= 4 is 35.1 Å². The smallest absolute Gasteiger partial charge is 0.278 e. The van der Waals surface area contributed by atoms with Gasteiger partial charge in [0, 0.05) is 31.9 Å². The lowest BCUT2D eigenvalue weighted by Crippen LogP contribution is -2.55. The summed E-state index contributed by atoms with van der Waals surface area (Å²) in [6, 6.07) is 7.81. The summed E-state index contributed by atoms with van der Waals surface area (Å²) in [5, 5.41) is 13.2. The Kier molecular flexibility index (Phi) is 6.25. The molecule has 3 aromatic rings. The average molecular weight is 567 g/mol. The van der Waals surface area contributed by atoms with Gasteiger partial charge in [0.05, 0.1) is 30.4 Å². The first kappa shape index (κ1) is 26.7. The van der Waals surface area contributed by atoms with E-state index in [0.717, 1.165) is 4.90 Å². The van der Waals surface area contributed by atoms with Crippen LogP contribution in [0, 0.1) is 11.8 Å². The van der Waals surface area contributed by atoms with Crippen LogP contribution in [0.1, 0.15) is 30.4 Å². The molecule has 1 saturated carbocycles. The third kappa shape index (κ3) is 4.47. The molecule has 3 aromatic heterocycles. The molecule has 3 aliphatic rings. The summed E-state index contributed by atoms with van der Waals surface area (Å²) in [5.74, 6) is -4.02. The van der Waals surface area contributed by atoms with Crippen LogP contribution in [-0.2, 0) is 9.59 Å². The molecule has 14 heteroatoms. The van der Waals surface area contributed by atoms with Crippen LogP contribution >= 0.6 is 0 Å². The molecule has 2 fully saturated rings. The molecule has 0 aromatic carbocycles. The van der Waals surface area contributed by atoms with Gasteiger partial charge in [0.15, 0.2) is 11.5 Å². The standard InChI is InChI=1S/C27H28F2N8O4/c1-14(38)10-36-25(40)22-23(34(3)26(36)41)31-13-37(22)15(2)24(39)33-20-6-4-5-19(32-20)16-7-8-21(30-9-16)35-11-17-18(12-35)27(17,28)29/h4-9,13,15,17-18,26,41H,10-12H2,1-3H3,(H,32,33,39)/t15-,17?,18?,26?/m0/s1. The predicted molar refractivity (Wildman–Crippen MR) is 143 cm³/mol. The molecule has 1 saturated heterocycles. The van der Waals surface area contributed by atoms with Crippen molar-refractivity contribution in [2.24, 2.45) is 11.8 Å². The highest BCUT2D eigenvalue weighted by Crippen LogP contribution is 2.59. The normalized spacial score (nSPS) is 23.2. The number of carbonyl (C=O) groups is 3. The van der Waals surface area contributed by atoms with Gasteiger partial charge in [-0.25, -0.2) is 23.7 Å². The Labute approximate surface area is 233 Å². The molecule has 1 aliphatic carbocycles. The zero-order valence-corrected chi connectivity index (χ0v) is 22.5. The van der Waals surface area contributed by atoms with Gasteiger partial charge in [-0.05, 0) is 38.1 Å². The Morgan fingerprint density at radius 2 is 1.90 bits per heavy atom. The quantitative estimate of drug-likeness (QED) is 0.440. The van der Waals surface area contributed by atoms with Gasteiger partial charge in [-0.15, -0.1) is 0 Å². The van der Waals surface area contributed by atoms with E-state index in [4.69, 9.17) is 0 Å². The minimum absolute atomic E-state index is 0.0774. The van der Waals surface area contributed by atoms with Crippen LogP contribution in [0.3, 0.4) is 0 Å². The molecular formula is C27H28F2N8O4. The summed E-state index contributed by atoms with van der Waals surface area (Å²) >= 11 is 0. The van der Waals surface area contributed by atoms with Gasteiger partial charge in [-0.1, -0.05) is 6.07 Å². The van der Waals surface area contributed by atoms with Crippen molar-refractivity contribution < 1.29 is 28.3 Å². The highest BCUT2D eigenvalue weighted by atomic mass is 19.3. The average Bonchev–Trinajstić information content (AvgIpc) is 3.38. The molecule has 41 heavy (non-hydrogen) atoms. The Balaban J connectivity index is 1.16. The number of aromatic nitrogens is 4. The van der Waals surface area contributed by atoms with Crippen molar-refractivity contribution in [1.82, 2.24) is 24.4 Å². The first-order valence-corrected chi connectivity index (χ1v) is 13.1. The maximum absolute atomic E-state index is 13.5. The van der Waals surface area contributed by atoms with E-state index in [2.05, 4.69) is 20.3 Å². The Morgan fingerprint density at radius 3 is 2.56 bits per heavy atom. The number of aliphatic hydroxyl groups is 1. The van der Waals surface area contributed by atoms with Gasteiger partial charge in [-0.2, -0.15) is 0 Å². The van der Waals surface area contributed by atoms with Crippen molar-refractivity contribution in [3.63, 3.8) is 0 Å². The fourth-order valence-corrected chi connectivity index (χ4v) is 5.50. The van der Waals surface area contributed by atoms with Crippen LogP contribution in [0.15, 0.2) is 42.9 Å². The van der Waals surface area contributed by atoms with E-state index in [-0.39, 0.29) is 29.7 Å². The molecule has 12 nitrogen and oxygen atoms in total. The zero-order valence-electron chi connectivity index (χ0n) is 22.5. The monoisotopic (exact) mass is 566 g/mol. The lowest BCUT2D eigenvalue weighted by atomic mass is 10.2. The molecular weight excluding hydrogens is 538 g/mol. The number of rotatable bonds is 7. The van der Waals surface area contributed by atoms with E-state index >= 15 is 0 Å². The second kappa shape index (κ2) is 9.58. The van der Waals surface area contributed by atoms with E-state index in [0.29, 0.717) is 30.2 Å². The molecule has 214 valence electrons. The number of nitrogens with zero attached hydrogens (tertiary/aromatic N) is 7. The van der Waals surface area contributed by atoms with Crippen molar-refractivity contribution in [3.8, 4) is 11.3 Å². The molecule has 0 spiro atoms. The molecule has 2 amide bonds. The number of alkyl halides is 2. The zero-order chi connectivity index (χ0) is 29.2. The number of anilines is 3. The highest BCUT2D eigenvalue weighted by molar-refractivity contribution is 6.02. The second-order valence-electron chi connectivity index (χ2n) is 10.7. The number of hydrogen-bond acceptors (Lipinski definition) is 9. The number of nitrogens with one attached hydrogen (secondary N) is 1. The van der Waals surface area contributed by atoms with Crippen LogP contribution < -0.4 is 15.1 Å². The third-order valence-corrected chi connectivity index (χ3v) is 7.95. The largest absolute Gasteiger partial charge is 0.356 e. The van der Waals surface area contributed by atoms with E-state index < -0.39 is 42.0 Å². The Morgan fingerprint density at radius 1 is 1.17 bits per heavy atom. The summed E-state index contributed by atoms with van der Waals surface area (Å²) in [5.41, 5.74) is 1.32. The van der Waals surface area contributed by atoms with E-state index in [1.807, 2.05) is 11.0 Å².